The highest BCUT2D eigenvalue weighted by Crippen LogP contribution is 2.38. The summed E-state index contributed by atoms with van der Waals surface area (Å²) in [5, 5.41) is 0.581. The van der Waals surface area contributed by atoms with Crippen LogP contribution in [0.2, 0.25) is 5.02 Å². The van der Waals surface area contributed by atoms with Crippen molar-refractivity contribution in [1.82, 2.24) is 4.90 Å². The first kappa shape index (κ1) is 16.3. The molecule has 0 aliphatic carbocycles. The summed E-state index contributed by atoms with van der Waals surface area (Å²) in [6.45, 7) is 2.09. The van der Waals surface area contributed by atoms with E-state index >= 15 is 0 Å². The van der Waals surface area contributed by atoms with E-state index < -0.39 is 0 Å². The number of rotatable bonds is 2. The molecule has 25 heavy (non-hydrogen) atoms. The summed E-state index contributed by atoms with van der Waals surface area (Å²) in [6.07, 6.45) is 2.82. The van der Waals surface area contributed by atoms with E-state index in [4.69, 9.17) is 21.1 Å². The van der Waals surface area contributed by atoms with Crippen LogP contribution in [0.1, 0.15) is 41.2 Å². The van der Waals surface area contributed by atoms with Gasteiger partial charge in [0.05, 0.1) is 19.3 Å². The van der Waals surface area contributed by atoms with E-state index in [2.05, 4.69) is 0 Å². The number of halogens is 1. The minimum Gasteiger partial charge on any atom is -0.490 e. The molecule has 2 aromatic rings. The van der Waals surface area contributed by atoms with Crippen molar-refractivity contribution in [3.05, 3.63) is 58.6 Å². The number of carbonyl (C=O) groups excluding carboxylic acids is 1. The van der Waals surface area contributed by atoms with Crippen molar-refractivity contribution in [3.8, 4) is 11.5 Å². The molecule has 2 aliphatic rings. The molecule has 0 spiro atoms. The SMILES string of the molecule is O=C(c1cccc(Cl)c1)N1CCC[C@H]1c1ccc2c(c1)OCCCO2. The van der Waals surface area contributed by atoms with Crippen molar-refractivity contribution in [3.63, 3.8) is 0 Å². The molecular weight excluding hydrogens is 338 g/mol. The molecule has 2 aliphatic heterocycles. The summed E-state index contributed by atoms with van der Waals surface area (Å²) in [7, 11) is 0. The summed E-state index contributed by atoms with van der Waals surface area (Å²) in [4.78, 5) is 14.9. The predicted octanol–water partition coefficient (Wildman–Crippen LogP) is 4.48. The average Bonchev–Trinajstić information content (AvgIpc) is 2.99. The largest absolute Gasteiger partial charge is 0.490 e. The number of likely N-dealkylation sites (tertiary alicyclic amines) is 1. The lowest BCUT2D eigenvalue weighted by Crippen LogP contribution is -2.30. The van der Waals surface area contributed by atoms with E-state index in [0.29, 0.717) is 23.8 Å². The molecule has 2 aromatic carbocycles. The summed E-state index contributed by atoms with van der Waals surface area (Å²) in [5.74, 6) is 1.58. The molecular formula is C20H20ClNO3. The molecule has 0 unspecified atom stereocenters. The lowest BCUT2D eigenvalue weighted by atomic mass is 10.0. The first-order chi connectivity index (χ1) is 12.2. The van der Waals surface area contributed by atoms with Crippen molar-refractivity contribution in [2.24, 2.45) is 0 Å². The molecule has 0 saturated carbocycles. The third-order valence-corrected chi connectivity index (χ3v) is 4.98. The maximum absolute atomic E-state index is 12.9. The fourth-order valence-corrected chi connectivity index (χ4v) is 3.72. The number of hydrogen-bond donors (Lipinski definition) is 0. The second-order valence-electron chi connectivity index (χ2n) is 6.42. The Labute approximate surface area is 152 Å². The number of fused-ring (bicyclic) bond motifs is 1. The third-order valence-electron chi connectivity index (χ3n) is 4.74. The first-order valence-corrected chi connectivity index (χ1v) is 9.06. The van der Waals surface area contributed by atoms with Gasteiger partial charge in [-0.2, -0.15) is 0 Å². The maximum Gasteiger partial charge on any atom is 0.254 e. The zero-order valence-corrected chi connectivity index (χ0v) is 14.7. The van der Waals surface area contributed by atoms with Crippen LogP contribution in [0.25, 0.3) is 0 Å². The number of ether oxygens (including phenoxy) is 2. The average molecular weight is 358 g/mol. The third kappa shape index (κ3) is 3.31. The van der Waals surface area contributed by atoms with E-state index in [9.17, 15) is 4.79 Å². The van der Waals surface area contributed by atoms with Gasteiger partial charge in [-0.25, -0.2) is 0 Å². The monoisotopic (exact) mass is 357 g/mol. The van der Waals surface area contributed by atoms with Crippen LogP contribution in [-0.4, -0.2) is 30.6 Å². The Balaban J connectivity index is 1.61. The van der Waals surface area contributed by atoms with Crippen LogP contribution >= 0.6 is 11.6 Å². The highest BCUT2D eigenvalue weighted by Gasteiger charge is 2.31. The summed E-state index contributed by atoms with van der Waals surface area (Å²) in [5.41, 5.74) is 1.73. The van der Waals surface area contributed by atoms with E-state index in [1.54, 1.807) is 12.1 Å². The van der Waals surface area contributed by atoms with Gasteiger partial charge in [-0.05, 0) is 48.7 Å². The van der Waals surface area contributed by atoms with Gasteiger partial charge in [0.1, 0.15) is 0 Å². The van der Waals surface area contributed by atoms with Crippen LogP contribution in [0.3, 0.4) is 0 Å². The van der Waals surface area contributed by atoms with Crippen molar-refractivity contribution in [2.45, 2.75) is 25.3 Å². The van der Waals surface area contributed by atoms with Gasteiger partial charge in [0.15, 0.2) is 11.5 Å². The molecule has 5 heteroatoms. The van der Waals surface area contributed by atoms with Gasteiger partial charge in [0.25, 0.3) is 5.91 Å². The standard InChI is InChI=1S/C20H20ClNO3/c21-16-5-1-4-15(12-16)20(23)22-9-2-6-17(22)14-7-8-18-19(13-14)25-11-3-10-24-18/h1,4-5,7-8,12-13,17H,2-3,6,9-11H2/t17-/m0/s1. The second-order valence-corrected chi connectivity index (χ2v) is 6.86. The highest BCUT2D eigenvalue weighted by molar-refractivity contribution is 6.30. The van der Waals surface area contributed by atoms with Crippen LogP contribution in [0, 0.1) is 0 Å². The van der Waals surface area contributed by atoms with Crippen LogP contribution in [0.5, 0.6) is 11.5 Å². The Morgan fingerprint density at radius 2 is 1.88 bits per heavy atom. The molecule has 130 valence electrons. The molecule has 4 nitrogen and oxygen atoms in total. The van der Waals surface area contributed by atoms with Gasteiger partial charge in [-0.1, -0.05) is 23.7 Å². The normalized spacial score (nSPS) is 19.6. The summed E-state index contributed by atoms with van der Waals surface area (Å²) in [6, 6.07) is 13.2. The zero-order chi connectivity index (χ0) is 17.2. The zero-order valence-electron chi connectivity index (χ0n) is 13.9. The number of carbonyl (C=O) groups is 1. The summed E-state index contributed by atoms with van der Waals surface area (Å²) >= 11 is 6.04. The quantitative estimate of drug-likeness (QED) is 0.795. The van der Waals surface area contributed by atoms with Gasteiger partial charge >= 0.3 is 0 Å². The molecule has 0 aromatic heterocycles. The van der Waals surface area contributed by atoms with Crippen LogP contribution in [0.15, 0.2) is 42.5 Å². The van der Waals surface area contributed by atoms with E-state index in [-0.39, 0.29) is 11.9 Å². The molecule has 2 heterocycles. The number of benzene rings is 2. The molecule has 0 bridgehead atoms. The number of hydrogen-bond acceptors (Lipinski definition) is 3. The molecule has 4 rings (SSSR count). The molecule has 1 amide bonds. The Morgan fingerprint density at radius 1 is 1.04 bits per heavy atom. The smallest absolute Gasteiger partial charge is 0.254 e. The Hall–Kier alpha value is -2.20. The lowest BCUT2D eigenvalue weighted by molar-refractivity contribution is 0.0735. The minimum absolute atomic E-state index is 0.0251. The number of nitrogens with zero attached hydrogens (tertiary/aromatic N) is 1. The highest BCUT2D eigenvalue weighted by atomic mass is 35.5. The molecule has 1 atom stereocenters. The Bertz CT molecular complexity index is 792. The molecule has 1 fully saturated rings. The van der Waals surface area contributed by atoms with Crippen LogP contribution in [0.4, 0.5) is 0 Å². The topological polar surface area (TPSA) is 38.8 Å². The molecule has 1 saturated heterocycles. The van der Waals surface area contributed by atoms with E-state index in [1.807, 2.05) is 35.2 Å². The van der Waals surface area contributed by atoms with Gasteiger partial charge in [-0.15, -0.1) is 0 Å². The van der Waals surface area contributed by atoms with Crippen LogP contribution < -0.4 is 9.47 Å². The Kier molecular flexibility index (Phi) is 4.53. The van der Waals surface area contributed by atoms with Gasteiger partial charge in [-0.3, -0.25) is 4.79 Å². The summed E-state index contributed by atoms with van der Waals surface area (Å²) < 4.78 is 11.5. The van der Waals surface area contributed by atoms with E-state index in [0.717, 1.165) is 42.9 Å². The lowest BCUT2D eigenvalue weighted by Gasteiger charge is -2.26. The Morgan fingerprint density at radius 3 is 2.72 bits per heavy atom. The second kappa shape index (κ2) is 6.96. The predicted molar refractivity (Wildman–Crippen MR) is 96.5 cm³/mol. The van der Waals surface area contributed by atoms with Crippen molar-refractivity contribution in [1.29, 1.82) is 0 Å². The fourth-order valence-electron chi connectivity index (χ4n) is 3.53. The molecule has 0 N–H and O–H groups in total. The number of amides is 1. The van der Waals surface area contributed by atoms with Crippen molar-refractivity contribution in [2.75, 3.05) is 19.8 Å². The van der Waals surface area contributed by atoms with Gasteiger partial charge in [0.2, 0.25) is 0 Å². The minimum atomic E-state index is 0.0251. The maximum atomic E-state index is 12.9. The fraction of sp³-hybridized carbons (Fsp3) is 0.350. The van der Waals surface area contributed by atoms with Gasteiger partial charge < -0.3 is 14.4 Å². The van der Waals surface area contributed by atoms with Gasteiger partial charge in [0, 0.05) is 23.6 Å². The van der Waals surface area contributed by atoms with Crippen LogP contribution in [-0.2, 0) is 0 Å². The van der Waals surface area contributed by atoms with Crippen molar-refractivity contribution < 1.29 is 14.3 Å². The van der Waals surface area contributed by atoms with E-state index in [1.165, 1.54) is 0 Å². The molecule has 0 radical (unpaired) electrons. The van der Waals surface area contributed by atoms with Crippen molar-refractivity contribution >= 4 is 17.5 Å². The first-order valence-electron chi connectivity index (χ1n) is 8.68.